The van der Waals surface area contributed by atoms with Crippen LogP contribution in [0.5, 0.6) is 0 Å². The predicted molar refractivity (Wildman–Crippen MR) is 139 cm³/mol. The summed E-state index contributed by atoms with van der Waals surface area (Å²) in [6, 6.07) is 5.32. The molecular weight excluding hydrogens is 490 g/mol. The number of piperidine rings is 1. The summed E-state index contributed by atoms with van der Waals surface area (Å²) in [5.41, 5.74) is 2.18. The van der Waals surface area contributed by atoms with Crippen LogP contribution >= 0.6 is 0 Å². The number of benzene rings is 1. The molecule has 4 rings (SSSR count). The summed E-state index contributed by atoms with van der Waals surface area (Å²) in [4.78, 5) is 50.0. The number of hydrogen-bond donors (Lipinski definition) is 0. The van der Waals surface area contributed by atoms with Crippen LogP contribution in [0.2, 0.25) is 0 Å². The molecule has 200 valence electrons. The standard InChI is InChI=1S/C29H32F2N4O3/c1-18-19(2)29(38)24(20(3)28(18)37)6-7-27(36)34-12-9-21(10-13-34)15-35(26-8-11-32-17-33-26)16-22-4-5-23(30)14-25(22)31/h4-5,8,11,14,17,21H,6-7,9-10,12-13,15-16H2,1-3H3. The second-order valence-electron chi connectivity index (χ2n) is 10.0. The van der Waals surface area contributed by atoms with Crippen molar-refractivity contribution in [2.75, 3.05) is 24.5 Å². The number of anilines is 1. The first-order chi connectivity index (χ1) is 18.2. The van der Waals surface area contributed by atoms with Crippen molar-refractivity contribution in [3.63, 3.8) is 0 Å². The van der Waals surface area contributed by atoms with Gasteiger partial charge in [-0.2, -0.15) is 0 Å². The van der Waals surface area contributed by atoms with Crippen molar-refractivity contribution in [3.8, 4) is 0 Å². The number of rotatable bonds is 8. The molecule has 38 heavy (non-hydrogen) atoms. The number of allylic oxidation sites excluding steroid dienone is 4. The third-order valence-corrected chi connectivity index (χ3v) is 7.61. The van der Waals surface area contributed by atoms with Crippen molar-refractivity contribution in [3.05, 3.63) is 76.3 Å². The van der Waals surface area contributed by atoms with Crippen molar-refractivity contribution >= 4 is 23.3 Å². The summed E-state index contributed by atoms with van der Waals surface area (Å²) in [6.07, 6.45) is 5.02. The number of Topliss-reactive ketones (excluding diaryl/α,β-unsaturated/α-hetero) is 2. The van der Waals surface area contributed by atoms with E-state index in [9.17, 15) is 23.2 Å². The van der Waals surface area contributed by atoms with Crippen LogP contribution < -0.4 is 4.90 Å². The van der Waals surface area contributed by atoms with Gasteiger partial charge in [-0.05, 0) is 58.1 Å². The fourth-order valence-corrected chi connectivity index (χ4v) is 5.09. The van der Waals surface area contributed by atoms with Gasteiger partial charge in [-0.25, -0.2) is 18.7 Å². The minimum atomic E-state index is -0.621. The number of amides is 1. The number of carbonyl (C=O) groups excluding carboxylic acids is 3. The molecule has 1 amide bonds. The molecule has 1 fully saturated rings. The van der Waals surface area contributed by atoms with Gasteiger partial charge in [0, 0.05) is 72.7 Å². The summed E-state index contributed by atoms with van der Waals surface area (Å²) >= 11 is 0. The minimum absolute atomic E-state index is 0.0334. The fraction of sp³-hybridized carbons (Fsp3) is 0.414. The van der Waals surface area contributed by atoms with Crippen LogP contribution in [-0.2, 0) is 20.9 Å². The molecule has 1 aliphatic carbocycles. The van der Waals surface area contributed by atoms with Gasteiger partial charge in [0.25, 0.3) is 0 Å². The summed E-state index contributed by atoms with van der Waals surface area (Å²) in [7, 11) is 0. The largest absolute Gasteiger partial charge is 0.352 e. The molecule has 1 saturated heterocycles. The van der Waals surface area contributed by atoms with E-state index in [1.165, 1.54) is 18.5 Å². The van der Waals surface area contributed by atoms with Crippen molar-refractivity contribution in [1.29, 1.82) is 0 Å². The van der Waals surface area contributed by atoms with E-state index in [2.05, 4.69) is 9.97 Å². The lowest BCUT2D eigenvalue weighted by atomic mass is 9.84. The molecule has 0 radical (unpaired) electrons. The first kappa shape index (κ1) is 27.3. The van der Waals surface area contributed by atoms with E-state index in [0.717, 1.165) is 18.9 Å². The zero-order valence-corrected chi connectivity index (χ0v) is 22.0. The van der Waals surface area contributed by atoms with Crippen LogP contribution in [0.25, 0.3) is 0 Å². The number of hydrogen-bond acceptors (Lipinski definition) is 6. The molecule has 2 aliphatic rings. The third kappa shape index (κ3) is 6.03. The van der Waals surface area contributed by atoms with Gasteiger partial charge in [-0.15, -0.1) is 0 Å². The minimum Gasteiger partial charge on any atom is -0.352 e. The molecule has 0 N–H and O–H groups in total. The Morgan fingerprint density at radius 3 is 2.39 bits per heavy atom. The molecule has 9 heteroatoms. The summed E-state index contributed by atoms with van der Waals surface area (Å²) < 4.78 is 27.8. The molecule has 2 aromatic rings. The van der Waals surface area contributed by atoms with E-state index < -0.39 is 11.6 Å². The predicted octanol–water partition coefficient (Wildman–Crippen LogP) is 4.58. The van der Waals surface area contributed by atoms with E-state index in [1.807, 2.05) is 9.80 Å². The second-order valence-corrected chi connectivity index (χ2v) is 10.0. The fourth-order valence-electron chi connectivity index (χ4n) is 5.09. The van der Waals surface area contributed by atoms with E-state index >= 15 is 0 Å². The Balaban J connectivity index is 1.35. The SMILES string of the molecule is CC1=C(C)C(=O)C(CCC(=O)N2CCC(CN(Cc3ccc(F)cc3F)c3ccncn3)CC2)=C(C)C1=O. The first-order valence-electron chi connectivity index (χ1n) is 12.8. The van der Waals surface area contributed by atoms with E-state index in [-0.39, 0.29) is 42.8 Å². The summed E-state index contributed by atoms with van der Waals surface area (Å²) in [5.74, 6) is -0.632. The lowest BCUT2D eigenvalue weighted by Crippen LogP contribution is -2.41. The highest BCUT2D eigenvalue weighted by molar-refractivity contribution is 6.24. The maximum Gasteiger partial charge on any atom is 0.222 e. The zero-order valence-electron chi connectivity index (χ0n) is 22.0. The van der Waals surface area contributed by atoms with Crippen LogP contribution in [0, 0.1) is 17.6 Å². The van der Waals surface area contributed by atoms with Crippen molar-refractivity contribution < 1.29 is 23.2 Å². The highest BCUT2D eigenvalue weighted by Crippen LogP contribution is 2.28. The number of likely N-dealkylation sites (tertiary alicyclic amines) is 1. The Kier molecular flexibility index (Phi) is 8.44. The van der Waals surface area contributed by atoms with Crippen molar-refractivity contribution in [2.24, 2.45) is 5.92 Å². The van der Waals surface area contributed by atoms with Gasteiger partial charge in [0.05, 0.1) is 0 Å². The highest BCUT2D eigenvalue weighted by Gasteiger charge is 2.29. The lowest BCUT2D eigenvalue weighted by molar-refractivity contribution is -0.132. The van der Waals surface area contributed by atoms with E-state index in [4.69, 9.17) is 0 Å². The number of ketones is 2. The molecule has 0 saturated carbocycles. The van der Waals surface area contributed by atoms with Crippen molar-refractivity contribution in [2.45, 2.75) is 53.0 Å². The highest BCUT2D eigenvalue weighted by atomic mass is 19.1. The van der Waals surface area contributed by atoms with Gasteiger partial charge in [-0.1, -0.05) is 6.07 Å². The van der Waals surface area contributed by atoms with Gasteiger partial charge >= 0.3 is 0 Å². The first-order valence-corrected chi connectivity index (χ1v) is 12.8. The topological polar surface area (TPSA) is 83.5 Å². The number of halogens is 2. The van der Waals surface area contributed by atoms with E-state index in [1.54, 1.807) is 33.0 Å². The van der Waals surface area contributed by atoms with E-state index in [0.29, 0.717) is 53.3 Å². The maximum absolute atomic E-state index is 14.4. The van der Waals surface area contributed by atoms with Crippen LogP contribution in [0.15, 0.2) is 59.1 Å². The molecule has 7 nitrogen and oxygen atoms in total. The van der Waals surface area contributed by atoms with Crippen LogP contribution in [0.1, 0.15) is 52.0 Å². The lowest BCUT2D eigenvalue weighted by Gasteiger charge is -2.35. The van der Waals surface area contributed by atoms with Crippen LogP contribution in [0.4, 0.5) is 14.6 Å². The molecule has 0 bridgehead atoms. The molecule has 1 aromatic carbocycles. The van der Waals surface area contributed by atoms with Crippen molar-refractivity contribution in [1.82, 2.24) is 14.9 Å². The normalized spacial score (nSPS) is 16.9. The van der Waals surface area contributed by atoms with Gasteiger partial charge in [-0.3, -0.25) is 14.4 Å². The smallest absolute Gasteiger partial charge is 0.222 e. The Hall–Kier alpha value is -3.75. The Bertz CT molecular complexity index is 1300. The Labute approximate surface area is 221 Å². The van der Waals surface area contributed by atoms with Gasteiger partial charge in [0.15, 0.2) is 11.6 Å². The van der Waals surface area contributed by atoms with Gasteiger partial charge in [0.1, 0.15) is 23.8 Å². The number of carbonyl (C=O) groups is 3. The molecule has 1 aromatic heterocycles. The average molecular weight is 523 g/mol. The summed E-state index contributed by atoms with van der Waals surface area (Å²) in [5, 5.41) is 0. The van der Waals surface area contributed by atoms with Crippen LogP contribution in [0.3, 0.4) is 0 Å². The Morgan fingerprint density at radius 1 is 1.03 bits per heavy atom. The van der Waals surface area contributed by atoms with Gasteiger partial charge in [0.2, 0.25) is 5.91 Å². The third-order valence-electron chi connectivity index (χ3n) is 7.61. The summed E-state index contributed by atoms with van der Waals surface area (Å²) in [6.45, 7) is 6.96. The maximum atomic E-state index is 14.4. The zero-order chi connectivity index (χ0) is 27.4. The monoisotopic (exact) mass is 522 g/mol. The molecule has 2 heterocycles. The Morgan fingerprint density at radius 2 is 1.74 bits per heavy atom. The molecule has 0 spiro atoms. The van der Waals surface area contributed by atoms with Crippen LogP contribution in [-0.4, -0.2) is 52.0 Å². The number of aromatic nitrogens is 2. The molecule has 0 atom stereocenters. The average Bonchev–Trinajstić information content (AvgIpc) is 2.92. The quantitative estimate of drug-likeness (QED) is 0.472. The second kappa shape index (κ2) is 11.8. The molecular formula is C29H32F2N4O3. The molecule has 1 aliphatic heterocycles. The van der Waals surface area contributed by atoms with Gasteiger partial charge < -0.3 is 9.80 Å². The molecule has 0 unspecified atom stereocenters. The number of nitrogens with zero attached hydrogens (tertiary/aromatic N) is 4.